The number of para-hydroxylation sites is 1. The van der Waals surface area contributed by atoms with Gasteiger partial charge >= 0.3 is 5.97 Å². The molecule has 1 unspecified atom stereocenters. The molecule has 3 rings (SSSR count). The molecule has 2 aromatic rings. The van der Waals surface area contributed by atoms with Gasteiger partial charge in [0.25, 0.3) is 0 Å². The Labute approximate surface area is 126 Å². The molecule has 1 atom stereocenters. The zero-order chi connectivity index (χ0) is 14.1. The molecule has 104 valence electrons. The first-order valence-corrected chi connectivity index (χ1v) is 7.63. The molecule has 3 nitrogen and oxygen atoms in total. The first kappa shape index (κ1) is 13.5. The van der Waals surface area contributed by atoms with Gasteiger partial charge in [-0.05, 0) is 23.8 Å². The monoisotopic (exact) mass is 307 g/mol. The maximum absolute atomic E-state index is 11.0. The van der Waals surface area contributed by atoms with E-state index in [1.165, 1.54) is 4.88 Å². The highest BCUT2D eigenvalue weighted by Crippen LogP contribution is 2.39. The van der Waals surface area contributed by atoms with Crippen molar-refractivity contribution in [2.24, 2.45) is 0 Å². The molecule has 1 aromatic carbocycles. The summed E-state index contributed by atoms with van der Waals surface area (Å²) < 4.78 is 0.787. The largest absolute Gasteiger partial charge is 0.481 e. The number of aliphatic carboxylic acids is 1. The average Bonchev–Trinajstić information content (AvgIpc) is 2.95. The van der Waals surface area contributed by atoms with Gasteiger partial charge in [0, 0.05) is 23.0 Å². The number of thiophene rings is 1. The van der Waals surface area contributed by atoms with Crippen molar-refractivity contribution in [3.05, 3.63) is 51.2 Å². The summed E-state index contributed by atoms with van der Waals surface area (Å²) in [5.41, 5.74) is 2.28. The molecular formula is C15H14ClNO2S. The Morgan fingerprint density at radius 3 is 2.85 bits per heavy atom. The van der Waals surface area contributed by atoms with Crippen LogP contribution in [0.2, 0.25) is 4.34 Å². The third-order valence-corrected chi connectivity index (χ3v) is 4.77. The van der Waals surface area contributed by atoms with Crippen LogP contribution in [0.15, 0.2) is 36.4 Å². The number of anilines is 1. The fourth-order valence-electron chi connectivity index (χ4n) is 2.74. The van der Waals surface area contributed by atoms with E-state index in [0.29, 0.717) is 0 Å². The fourth-order valence-corrected chi connectivity index (χ4v) is 3.85. The van der Waals surface area contributed by atoms with Crippen molar-refractivity contribution in [1.82, 2.24) is 0 Å². The van der Waals surface area contributed by atoms with Crippen LogP contribution < -0.4 is 4.90 Å². The summed E-state index contributed by atoms with van der Waals surface area (Å²) in [5.74, 6) is -0.676. The van der Waals surface area contributed by atoms with Crippen LogP contribution in [0.5, 0.6) is 0 Å². The standard InChI is InChI=1S/C15H14ClNO2S/c16-14-6-5-11(20-14)9-17-8-10(7-15(18)19)12-3-1-2-4-13(12)17/h1-6,10H,7-9H2,(H,18,19). The van der Waals surface area contributed by atoms with Crippen molar-refractivity contribution in [3.8, 4) is 0 Å². The minimum atomic E-state index is -0.745. The van der Waals surface area contributed by atoms with Gasteiger partial charge in [-0.25, -0.2) is 0 Å². The molecular weight excluding hydrogens is 294 g/mol. The Bertz CT molecular complexity index is 640. The summed E-state index contributed by atoms with van der Waals surface area (Å²) in [6.07, 6.45) is 0.179. The lowest BCUT2D eigenvalue weighted by molar-refractivity contribution is -0.137. The lowest BCUT2D eigenvalue weighted by Gasteiger charge is -2.18. The lowest BCUT2D eigenvalue weighted by Crippen LogP contribution is -2.21. The van der Waals surface area contributed by atoms with E-state index in [1.807, 2.05) is 30.3 Å². The second-order valence-electron chi connectivity index (χ2n) is 4.94. The number of benzene rings is 1. The minimum absolute atomic E-state index is 0.0686. The molecule has 0 aliphatic carbocycles. The van der Waals surface area contributed by atoms with Crippen LogP contribution in [0.25, 0.3) is 0 Å². The number of carboxylic acids is 1. The Kier molecular flexibility index (Phi) is 3.68. The third kappa shape index (κ3) is 2.67. The number of carbonyl (C=O) groups is 1. The molecule has 0 saturated heterocycles. The predicted molar refractivity (Wildman–Crippen MR) is 81.8 cm³/mol. The van der Waals surface area contributed by atoms with Crippen LogP contribution in [0.4, 0.5) is 5.69 Å². The zero-order valence-corrected chi connectivity index (χ0v) is 12.3. The second kappa shape index (κ2) is 5.46. The highest BCUT2D eigenvalue weighted by Gasteiger charge is 2.29. The second-order valence-corrected chi connectivity index (χ2v) is 6.74. The molecule has 0 bridgehead atoms. The number of halogens is 1. The maximum Gasteiger partial charge on any atom is 0.304 e. The van der Waals surface area contributed by atoms with E-state index in [4.69, 9.17) is 16.7 Å². The Balaban J connectivity index is 1.84. The van der Waals surface area contributed by atoms with E-state index >= 15 is 0 Å². The molecule has 2 heterocycles. The van der Waals surface area contributed by atoms with Crippen molar-refractivity contribution >= 4 is 34.6 Å². The van der Waals surface area contributed by atoms with Gasteiger partial charge < -0.3 is 10.0 Å². The van der Waals surface area contributed by atoms with E-state index in [2.05, 4.69) is 11.0 Å². The number of fused-ring (bicyclic) bond motifs is 1. The van der Waals surface area contributed by atoms with E-state index in [9.17, 15) is 4.79 Å². The number of carboxylic acid groups (broad SMARTS) is 1. The van der Waals surface area contributed by atoms with Crippen LogP contribution in [0, 0.1) is 0 Å². The van der Waals surface area contributed by atoms with E-state index in [-0.39, 0.29) is 12.3 Å². The Hall–Kier alpha value is -1.52. The van der Waals surface area contributed by atoms with Crippen molar-refractivity contribution in [2.45, 2.75) is 18.9 Å². The molecule has 0 fully saturated rings. The summed E-state index contributed by atoms with van der Waals surface area (Å²) in [7, 11) is 0. The van der Waals surface area contributed by atoms with Crippen LogP contribution in [-0.4, -0.2) is 17.6 Å². The normalized spacial score (nSPS) is 17.2. The molecule has 1 aliphatic rings. The fraction of sp³-hybridized carbons (Fsp3) is 0.267. The van der Waals surface area contributed by atoms with E-state index in [1.54, 1.807) is 11.3 Å². The lowest BCUT2D eigenvalue weighted by atomic mass is 9.98. The molecule has 5 heteroatoms. The zero-order valence-electron chi connectivity index (χ0n) is 10.8. The van der Waals surface area contributed by atoms with Crippen LogP contribution in [0.3, 0.4) is 0 Å². The summed E-state index contributed by atoms with van der Waals surface area (Å²) in [5, 5.41) is 9.04. The molecule has 0 amide bonds. The van der Waals surface area contributed by atoms with Gasteiger partial charge in [0.2, 0.25) is 0 Å². The summed E-state index contributed by atoms with van der Waals surface area (Å²) >= 11 is 7.54. The highest BCUT2D eigenvalue weighted by atomic mass is 35.5. The third-order valence-electron chi connectivity index (χ3n) is 3.55. The molecule has 1 N–H and O–H groups in total. The minimum Gasteiger partial charge on any atom is -0.481 e. The highest BCUT2D eigenvalue weighted by molar-refractivity contribution is 7.16. The predicted octanol–water partition coefficient (Wildman–Crippen LogP) is 3.98. The van der Waals surface area contributed by atoms with Gasteiger partial charge in [0.05, 0.1) is 17.3 Å². The van der Waals surface area contributed by atoms with Crippen molar-refractivity contribution in [1.29, 1.82) is 0 Å². The first-order chi connectivity index (χ1) is 9.63. The van der Waals surface area contributed by atoms with Crippen LogP contribution >= 0.6 is 22.9 Å². The van der Waals surface area contributed by atoms with Gasteiger partial charge in [-0.3, -0.25) is 4.79 Å². The number of hydrogen-bond donors (Lipinski definition) is 1. The molecule has 1 aliphatic heterocycles. The summed E-state index contributed by atoms with van der Waals surface area (Å²) in [6.45, 7) is 1.53. The van der Waals surface area contributed by atoms with Crippen molar-refractivity contribution < 1.29 is 9.90 Å². The quantitative estimate of drug-likeness (QED) is 0.929. The number of hydrogen-bond acceptors (Lipinski definition) is 3. The summed E-state index contributed by atoms with van der Waals surface area (Å²) in [4.78, 5) is 14.4. The smallest absolute Gasteiger partial charge is 0.304 e. The van der Waals surface area contributed by atoms with Gasteiger partial charge in [0.15, 0.2) is 0 Å². The number of nitrogens with zero attached hydrogens (tertiary/aromatic N) is 1. The maximum atomic E-state index is 11.0. The average molecular weight is 308 g/mol. The Morgan fingerprint density at radius 1 is 1.35 bits per heavy atom. The first-order valence-electron chi connectivity index (χ1n) is 6.43. The van der Waals surface area contributed by atoms with E-state index in [0.717, 1.165) is 28.7 Å². The van der Waals surface area contributed by atoms with Gasteiger partial charge in [-0.15, -0.1) is 11.3 Å². The molecule has 0 spiro atoms. The molecule has 0 radical (unpaired) electrons. The van der Waals surface area contributed by atoms with Crippen LogP contribution in [-0.2, 0) is 11.3 Å². The van der Waals surface area contributed by atoms with Crippen LogP contribution in [0.1, 0.15) is 22.8 Å². The van der Waals surface area contributed by atoms with Gasteiger partial charge in [0.1, 0.15) is 0 Å². The Morgan fingerprint density at radius 2 is 2.15 bits per heavy atom. The molecule has 20 heavy (non-hydrogen) atoms. The topological polar surface area (TPSA) is 40.5 Å². The van der Waals surface area contributed by atoms with E-state index < -0.39 is 5.97 Å². The summed E-state index contributed by atoms with van der Waals surface area (Å²) in [6, 6.07) is 12.0. The number of rotatable bonds is 4. The van der Waals surface area contributed by atoms with Gasteiger partial charge in [-0.2, -0.15) is 0 Å². The molecule has 1 aromatic heterocycles. The van der Waals surface area contributed by atoms with Crippen molar-refractivity contribution in [2.75, 3.05) is 11.4 Å². The van der Waals surface area contributed by atoms with Crippen molar-refractivity contribution in [3.63, 3.8) is 0 Å². The molecule has 0 saturated carbocycles. The van der Waals surface area contributed by atoms with Gasteiger partial charge in [-0.1, -0.05) is 29.8 Å². The SMILES string of the molecule is O=C(O)CC1CN(Cc2ccc(Cl)s2)c2ccccc21.